The molecule has 9 nitrogen and oxygen atoms in total. The van der Waals surface area contributed by atoms with Crippen molar-refractivity contribution in [3.8, 4) is 11.4 Å². The first-order valence-corrected chi connectivity index (χ1v) is 9.09. The van der Waals surface area contributed by atoms with Crippen LogP contribution in [-0.4, -0.2) is 57.6 Å². The van der Waals surface area contributed by atoms with Crippen LogP contribution < -0.4 is 10.6 Å². The molecule has 0 aliphatic rings. The predicted molar refractivity (Wildman–Crippen MR) is 109 cm³/mol. The molecule has 2 N–H and O–H groups in total. The lowest BCUT2D eigenvalue weighted by atomic mass is 10.1. The Balaban J connectivity index is 1.57. The van der Waals surface area contributed by atoms with Crippen molar-refractivity contribution < 1.29 is 9.59 Å². The summed E-state index contributed by atoms with van der Waals surface area (Å²) >= 11 is 0. The van der Waals surface area contributed by atoms with E-state index in [1.54, 1.807) is 31.3 Å². The van der Waals surface area contributed by atoms with Crippen LogP contribution in [0.25, 0.3) is 11.4 Å². The number of aryl methyl sites for hydroxylation is 1. The Labute approximate surface area is 168 Å². The summed E-state index contributed by atoms with van der Waals surface area (Å²) in [4.78, 5) is 27.8. The molecule has 2 aromatic carbocycles. The molecule has 3 rings (SSSR count). The van der Waals surface area contributed by atoms with E-state index in [0.717, 1.165) is 11.1 Å². The maximum absolute atomic E-state index is 12.2. The fourth-order valence-corrected chi connectivity index (χ4v) is 2.83. The number of amides is 2. The summed E-state index contributed by atoms with van der Waals surface area (Å²) < 4.78 is 0. The quantitative estimate of drug-likeness (QED) is 0.611. The zero-order valence-electron chi connectivity index (χ0n) is 16.5. The van der Waals surface area contributed by atoms with Crippen LogP contribution >= 0.6 is 0 Å². The summed E-state index contributed by atoms with van der Waals surface area (Å²) in [6.07, 6.45) is 0. The number of rotatable bonds is 6. The summed E-state index contributed by atoms with van der Waals surface area (Å²) in [5, 5.41) is 17.1. The normalized spacial score (nSPS) is 11.9. The number of aromatic nitrogens is 4. The first-order chi connectivity index (χ1) is 13.9. The van der Waals surface area contributed by atoms with Gasteiger partial charge in [0.15, 0.2) is 0 Å². The highest BCUT2D eigenvalue weighted by atomic mass is 16.2. The molecule has 2 amide bonds. The van der Waals surface area contributed by atoms with Crippen molar-refractivity contribution in [3.05, 3.63) is 60.2 Å². The Morgan fingerprint density at radius 1 is 1.03 bits per heavy atom. The lowest BCUT2D eigenvalue weighted by Gasteiger charge is -2.25. The van der Waals surface area contributed by atoms with Gasteiger partial charge < -0.3 is 15.5 Å². The van der Waals surface area contributed by atoms with Crippen molar-refractivity contribution >= 4 is 17.5 Å². The highest BCUT2D eigenvalue weighted by Crippen LogP contribution is 2.18. The van der Waals surface area contributed by atoms with Gasteiger partial charge in [0.2, 0.25) is 5.82 Å². The number of anilines is 1. The molecule has 29 heavy (non-hydrogen) atoms. The maximum atomic E-state index is 12.2. The van der Waals surface area contributed by atoms with Crippen LogP contribution in [0.1, 0.15) is 11.6 Å². The number of carbonyl (C=O) groups is 2. The number of nitrogens with zero attached hydrogens (tertiary/aromatic N) is 5. The molecule has 9 heteroatoms. The predicted octanol–water partition coefficient (Wildman–Crippen LogP) is 1.23. The number of benzene rings is 2. The van der Waals surface area contributed by atoms with Crippen LogP contribution in [0, 0.1) is 0 Å². The van der Waals surface area contributed by atoms with E-state index >= 15 is 0 Å². The standard InChI is InChI=1S/C20H23N7O2/c1-26(2)17(14-7-5-4-6-8-14)13-21-19(28)20(29)22-16-11-9-15(10-12-16)18-23-25-27(3)24-18/h4-12,17H,13H2,1-3H3,(H,21,28)(H,22,29)/t17-/m1/s1. The van der Waals surface area contributed by atoms with Crippen molar-refractivity contribution in [2.45, 2.75) is 6.04 Å². The van der Waals surface area contributed by atoms with Gasteiger partial charge in [-0.25, -0.2) is 0 Å². The Bertz CT molecular complexity index is 968. The average molecular weight is 393 g/mol. The third-order valence-corrected chi connectivity index (χ3v) is 4.38. The Morgan fingerprint density at radius 3 is 2.31 bits per heavy atom. The summed E-state index contributed by atoms with van der Waals surface area (Å²) in [6, 6.07) is 16.6. The van der Waals surface area contributed by atoms with Crippen LogP contribution in [0.3, 0.4) is 0 Å². The smallest absolute Gasteiger partial charge is 0.313 e. The summed E-state index contributed by atoms with van der Waals surface area (Å²) in [6.45, 7) is 0.320. The van der Waals surface area contributed by atoms with E-state index in [0.29, 0.717) is 18.1 Å². The Hall–Kier alpha value is -3.59. The van der Waals surface area contributed by atoms with E-state index in [9.17, 15) is 9.59 Å². The van der Waals surface area contributed by atoms with E-state index in [1.807, 2.05) is 49.3 Å². The van der Waals surface area contributed by atoms with Gasteiger partial charge in [-0.15, -0.1) is 10.2 Å². The molecule has 3 aromatic rings. The van der Waals surface area contributed by atoms with Crippen LogP contribution in [0.5, 0.6) is 0 Å². The fraction of sp³-hybridized carbons (Fsp3) is 0.250. The van der Waals surface area contributed by atoms with Crippen LogP contribution in [-0.2, 0) is 16.6 Å². The van der Waals surface area contributed by atoms with Gasteiger partial charge in [-0.2, -0.15) is 4.80 Å². The molecular formula is C20H23N7O2. The fourth-order valence-electron chi connectivity index (χ4n) is 2.83. The highest BCUT2D eigenvalue weighted by Gasteiger charge is 2.19. The van der Waals surface area contributed by atoms with E-state index in [2.05, 4.69) is 26.0 Å². The van der Waals surface area contributed by atoms with Crippen molar-refractivity contribution in [2.24, 2.45) is 7.05 Å². The second-order valence-corrected chi connectivity index (χ2v) is 6.73. The van der Waals surface area contributed by atoms with Crippen LogP contribution in [0.15, 0.2) is 54.6 Å². The summed E-state index contributed by atoms with van der Waals surface area (Å²) in [7, 11) is 5.54. The van der Waals surface area contributed by atoms with Crippen molar-refractivity contribution in [1.29, 1.82) is 0 Å². The monoisotopic (exact) mass is 393 g/mol. The minimum absolute atomic E-state index is 0.0354. The minimum atomic E-state index is -0.721. The summed E-state index contributed by atoms with van der Waals surface area (Å²) in [5.74, 6) is -0.924. The molecular weight excluding hydrogens is 370 g/mol. The number of tetrazole rings is 1. The van der Waals surface area contributed by atoms with Gasteiger partial charge in [0.05, 0.1) is 13.1 Å². The molecule has 1 atom stereocenters. The molecule has 0 unspecified atom stereocenters. The number of likely N-dealkylation sites (N-methyl/N-ethyl adjacent to an activating group) is 1. The molecule has 150 valence electrons. The molecule has 0 saturated heterocycles. The lowest BCUT2D eigenvalue weighted by Crippen LogP contribution is -2.40. The third-order valence-electron chi connectivity index (χ3n) is 4.38. The summed E-state index contributed by atoms with van der Waals surface area (Å²) in [5.41, 5.74) is 2.33. The van der Waals surface area contributed by atoms with Crippen molar-refractivity contribution in [2.75, 3.05) is 26.0 Å². The molecule has 0 spiro atoms. The van der Waals surface area contributed by atoms with E-state index in [1.165, 1.54) is 4.80 Å². The number of carbonyl (C=O) groups excluding carboxylic acids is 2. The van der Waals surface area contributed by atoms with E-state index in [-0.39, 0.29) is 6.04 Å². The molecule has 0 radical (unpaired) electrons. The molecule has 1 aromatic heterocycles. The third kappa shape index (κ3) is 5.23. The van der Waals surface area contributed by atoms with Gasteiger partial charge in [-0.1, -0.05) is 30.3 Å². The minimum Gasteiger partial charge on any atom is -0.346 e. The Kier molecular flexibility index (Phi) is 6.30. The lowest BCUT2D eigenvalue weighted by molar-refractivity contribution is -0.136. The maximum Gasteiger partial charge on any atom is 0.313 e. The van der Waals surface area contributed by atoms with E-state index in [4.69, 9.17) is 0 Å². The average Bonchev–Trinajstić information content (AvgIpc) is 3.15. The number of hydrogen-bond acceptors (Lipinski definition) is 6. The topological polar surface area (TPSA) is 105 Å². The molecule has 0 bridgehead atoms. The van der Waals surface area contributed by atoms with Crippen LogP contribution in [0.4, 0.5) is 5.69 Å². The van der Waals surface area contributed by atoms with Crippen molar-refractivity contribution in [3.63, 3.8) is 0 Å². The molecule has 0 aliphatic carbocycles. The first-order valence-electron chi connectivity index (χ1n) is 9.09. The van der Waals surface area contributed by atoms with Gasteiger partial charge in [0.25, 0.3) is 0 Å². The Morgan fingerprint density at radius 2 is 1.72 bits per heavy atom. The van der Waals surface area contributed by atoms with Gasteiger partial charge in [0.1, 0.15) is 0 Å². The largest absolute Gasteiger partial charge is 0.346 e. The molecule has 1 heterocycles. The molecule has 0 fully saturated rings. The first kappa shape index (κ1) is 20.2. The highest BCUT2D eigenvalue weighted by molar-refractivity contribution is 6.39. The van der Waals surface area contributed by atoms with E-state index < -0.39 is 11.8 Å². The van der Waals surface area contributed by atoms with Gasteiger partial charge in [-0.05, 0) is 49.1 Å². The zero-order chi connectivity index (χ0) is 20.8. The van der Waals surface area contributed by atoms with Crippen molar-refractivity contribution in [1.82, 2.24) is 30.4 Å². The second kappa shape index (κ2) is 9.07. The number of hydrogen-bond donors (Lipinski definition) is 2. The van der Waals surface area contributed by atoms with Crippen LogP contribution in [0.2, 0.25) is 0 Å². The van der Waals surface area contributed by atoms with Gasteiger partial charge in [-0.3, -0.25) is 9.59 Å². The second-order valence-electron chi connectivity index (χ2n) is 6.73. The molecule has 0 saturated carbocycles. The zero-order valence-corrected chi connectivity index (χ0v) is 16.5. The van der Waals surface area contributed by atoms with Gasteiger partial charge in [0, 0.05) is 17.8 Å². The SMILES string of the molecule is CN(C)[C@H](CNC(=O)C(=O)Nc1ccc(-c2nnn(C)n2)cc1)c1ccccc1. The van der Waals surface area contributed by atoms with Gasteiger partial charge >= 0.3 is 11.8 Å². The number of nitrogens with one attached hydrogen (secondary N) is 2. The molecule has 0 aliphatic heterocycles.